The Morgan fingerprint density at radius 2 is 2.00 bits per heavy atom. The van der Waals surface area contributed by atoms with Crippen LogP contribution in [0.25, 0.3) is 0 Å². The van der Waals surface area contributed by atoms with E-state index in [9.17, 15) is 14.0 Å². The quantitative estimate of drug-likeness (QED) is 0.472. The van der Waals surface area contributed by atoms with Crippen molar-refractivity contribution in [1.82, 2.24) is 0 Å². The number of aryl methyl sites for hydroxylation is 1. The summed E-state index contributed by atoms with van der Waals surface area (Å²) in [6.45, 7) is 1.68. The predicted octanol–water partition coefficient (Wildman–Crippen LogP) is 2.25. The van der Waals surface area contributed by atoms with Crippen LogP contribution in [-0.4, -0.2) is 18.9 Å². The highest BCUT2D eigenvalue weighted by molar-refractivity contribution is 9.10. The third kappa shape index (κ3) is 2.41. The molecule has 0 N–H and O–H groups in total. The zero-order valence-corrected chi connectivity index (χ0v) is 9.72. The highest BCUT2D eigenvalue weighted by Crippen LogP contribution is 2.22. The minimum atomic E-state index is -1.08. The minimum Gasteiger partial charge on any atom is -0.463 e. The fourth-order valence-electron chi connectivity index (χ4n) is 1.11. The second-order valence-corrected chi connectivity index (χ2v) is 3.78. The number of halogens is 2. The predicted molar refractivity (Wildman–Crippen MR) is 55.2 cm³/mol. The Kier molecular flexibility index (Phi) is 3.57. The van der Waals surface area contributed by atoms with E-state index in [1.54, 1.807) is 13.0 Å². The first-order valence-corrected chi connectivity index (χ1v) is 4.85. The van der Waals surface area contributed by atoms with Crippen molar-refractivity contribution in [2.45, 2.75) is 6.92 Å². The van der Waals surface area contributed by atoms with Crippen LogP contribution in [0.3, 0.4) is 0 Å². The maximum atomic E-state index is 13.4. The van der Waals surface area contributed by atoms with E-state index >= 15 is 0 Å². The normalized spacial score (nSPS) is 9.87. The second-order valence-electron chi connectivity index (χ2n) is 2.92. The molecule has 0 heterocycles. The molecule has 0 aliphatic heterocycles. The molecule has 80 valence electrons. The molecule has 0 amide bonds. The average molecular weight is 275 g/mol. The topological polar surface area (TPSA) is 43.4 Å². The van der Waals surface area contributed by atoms with Gasteiger partial charge in [-0.1, -0.05) is 0 Å². The lowest BCUT2D eigenvalue weighted by atomic mass is 10.1. The van der Waals surface area contributed by atoms with Gasteiger partial charge in [-0.15, -0.1) is 0 Å². The van der Waals surface area contributed by atoms with Gasteiger partial charge in [-0.05, 0) is 40.5 Å². The molecule has 0 saturated carbocycles. The molecule has 1 aromatic carbocycles. The van der Waals surface area contributed by atoms with Gasteiger partial charge in [0.1, 0.15) is 5.82 Å². The van der Waals surface area contributed by atoms with Crippen molar-refractivity contribution in [3.05, 3.63) is 33.5 Å². The van der Waals surface area contributed by atoms with Gasteiger partial charge >= 0.3 is 5.97 Å². The fraction of sp³-hybridized carbons (Fsp3) is 0.200. The van der Waals surface area contributed by atoms with E-state index in [0.29, 0.717) is 5.56 Å². The van der Waals surface area contributed by atoms with Gasteiger partial charge in [0.05, 0.1) is 12.7 Å². The first-order chi connectivity index (χ1) is 6.97. The molecule has 0 saturated heterocycles. The zero-order valence-electron chi connectivity index (χ0n) is 8.14. The summed E-state index contributed by atoms with van der Waals surface area (Å²) in [7, 11) is 1.07. The van der Waals surface area contributed by atoms with E-state index in [1.165, 1.54) is 6.07 Å². The molecular formula is C10H8BrFO3. The van der Waals surface area contributed by atoms with Gasteiger partial charge in [-0.3, -0.25) is 4.79 Å². The molecule has 0 atom stereocenters. The Bertz CT molecular complexity index is 406. The third-order valence-electron chi connectivity index (χ3n) is 1.78. The number of methoxy groups -OCH3 is 1. The van der Waals surface area contributed by atoms with E-state index in [1.807, 2.05) is 0 Å². The van der Waals surface area contributed by atoms with E-state index in [2.05, 4.69) is 20.7 Å². The molecule has 0 aliphatic rings. The van der Waals surface area contributed by atoms with E-state index < -0.39 is 17.6 Å². The van der Waals surface area contributed by atoms with Crippen molar-refractivity contribution in [3.63, 3.8) is 0 Å². The number of ketones is 1. The molecule has 0 bridgehead atoms. The van der Waals surface area contributed by atoms with Crippen LogP contribution in [0.1, 0.15) is 15.9 Å². The SMILES string of the molecule is COC(=O)C(=O)c1c(F)cc(C)cc1Br. The summed E-state index contributed by atoms with van der Waals surface area (Å²) in [6, 6.07) is 2.74. The highest BCUT2D eigenvalue weighted by Gasteiger charge is 2.23. The first kappa shape index (κ1) is 11.8. The summed E-state index contributed by atoms with van der Waals surface area (Å²) in [6.07, 6.45) is 0. The number of rotatable bonds is 2. The van der Waals surface area contributed by atoms with Gasteiger partial charge in [-0.25, -0.2) is 9.18 Å². The Morgan fingerprint density at radius 1 is 1.40 bits per heavy atom. The van der Waals surface area contributed by atoms with Crippen LogP contribution < -0.4 is 0 Å². The van der Waals surface area contributed by atoms with Crippen LogP contribution in [0.4, 0.5) is 4.39 Å². The lowest BCUT2D eigenvalue weighted by molar-refractivity contribution is -0.135. The standard InChI is InChI=1S/C10H8BrFO3/c1-5-3-6(11)8(7(12)4-5)9(13)10(14)15-2/h3-4H,1-2H3. The molecule has 0 aromatic heterocycles. The molecule has 5 heteroatoms. The highest BCUT2D eigenvalue weighted by atomic mass is 79.9. The second kappa shape index (κ2) is 4.53. The van der Waals surface area contributed by atoms with Crippen molar-refractivity contribution in [2.24, 2.45) is 0 Å². The van der Waals surface area contributed by atoms with E-state index in [-0.39, 0.29) is 10.0 Å². The molecule has 0 spiro atoms. The number of benzene rings is 1. The van der Waals surface area contributed by atoms with Crippen LogP contribution in [0.15, 0.2) is 16.6 Å². The van der Waals surface area contributed by atoms with Crippen LogP contribution in [-0.2, 0) is 9.53 Å². The molecule has 0 radical (unpaired) electrons. The summed E-state index contributed by atoms with van der Waals surface area (Å²) in [5, 5.41) is 0. The summed E-state index contributed by atoms with van der Waals surface area (Å²) in [5.74, 6) is -2.82. The Labute approximate surface area is 94.4 Å². The van der Waals surface area contributed by atoms with Crippen LogP contribution in [0.2, 0.25) is 0 Å². The van der Waals surface area contributed by atoms with E-state index in [0.717, 1.165) is 7.11 Å². The number of Topliss-reactive ketones (excluding diaryl/α,β-unsaturated/α-hetero) is 1. The van der Waals surface area contributed by atoms with Crippen molar-refractivity contribution < 1.29 is 18.7 Å². The number of carbonyl (C=O) groups excluding carboxylic acids is 2. The van der Waals surface area contributed by atoms with Crippen molar-refractivity contribution in [3.8, 4) is 0 Å². The molecule has 1 aromatic rings. The van der Waals surface area contributed by atoms with Gasteiger partial charge in [-0.2, -0.15) is 0 Å². The van der Waals surface area contributed by atoms with Crippen LogP contribution in [0.5, 0.6) is 0 Å². The first-order valence-electron chi connectivity index (χ1n) is 4.05. The number of ether oxygens (including phenoxy) is 1. The smallest absolute Gasteiger partial charge is 0.379 e. The number of hydrogen-bond donors (Lipinski definition) is 0. The maximum absolute atomic E-state index is 13.4. The molecular weight excluding hydrogens is 267 g/mol. The third-order valence-corrected chi connectivity index (χ3v) is 2.41. The fourth-order valence-corrected chi connectivity index (χ4v) is 1.84. The van der Waals surface area contributed by atoms with Gasteiger partial charge in [0.2, 0.25) is 0 Å². The molecule has 0 unspecified atom stereocenters. The minimum absolute atomic E-state index is 0.246. The summed E-state index contributed by atoms with van der Waals surface area (Å²) in [5.41, 5.74) is 0.355. The van der Waals surface area contributed by atoms with Crippen molar-refractivity contribution in [1.29, 1.82) is 0 Å². The summed E-state index contributed by atoms with van der Waals surface area (Å²) in [4.78, 5) is 22.3. The molecule has 15 heavy (non-hydrogen) atoms. The van der Waals surface area contributed by atoms with Gasteiger partial charge in [0.15, 0.2) is 0 Å². The number of hydrogen-bond acceptors (Lipinski definition) is 3. The lowest BCUT2D eigenvalue weighted by Gasteiger charge is -2.04. The molecule has 0 aliphatic carbocycles. The monoisotopic (exact) mass is 274 g/mol. The summed E-state index contributed by atoms with van der Waals surface area (Å²) < 4.78 is 17.9. The zero-order chi connectivity index (χ0) is 11.6. The summed E-state index contributed by atoms with van der Waals surface area (Å²) >= 11 is 3.03. The lowest BCUT2D eigenvalue weighted by Crippen LogP contribution is -2.17. The largest absolute Gasteiger partial charge is 0.463 e. The number of esters is 1. The molecule has 3 nitrogen and oxygen atoms in total. The number of carbonyl (C=O) groups is 2. The van der Waals surface area contributed by atoms with Crippen LogP contribution >= 0.6 is 15.9 Å². The molecule has 0 fully saturated rings. The molecule has 1 rings (SSSR count). The van der Waals surface area contributed by atoms with Gasteiger partial charge < -0.3 is 4.74 Å². The van der Waals surface area contributed by atoms with Crippen molar-refractivity contribution >= 4 is 27.7 Å². The van der Waals surface area contributed by atoms with E-state index in [4.69, 9.17) is 0 Å². The maximum Gasteiger partial charge on any atom is 0.379 e. The van der Waals surface area contributed by atoms with Crippen molar-refractivity contribution in [2.75, 3.05) is 7.11 Å². The Hall–Kier alpha value is -1.23. The average Bonchev–Trinajstić information content (AvgIpc) is 2.14. The Morgan fingerprint density at radius 3 is 2.47 bits per heavy atom. The Balaban J connectivity index is 3.26. The van der Waals surface area contributed by atoms with Crippen LogP contribution in [0, 0.1) is 12.7 Å². The van der Waals surface area contributed by atoms with Gasteiger partial charge in [0.25, 0.3) is 5.78 Å². The van der Waals surface area contributed by atoms with Gasteiger partial charge in [0, 0.05) is 4.47 Å².